The molecule has 0 bridgehead atoms. The largest absolute Gasteiger partial charge is 0.347 e. The fourth-order valence-corrected chi connectivity index (χ4v) is 7.56. The minimum Gasteiger partial charge on any atom is -0.347 e. The number of aromatic nitrogens is 4. The predicted molar refractivity (Wildman–Crippen MR) is 167 cm³/mol. The van der Waals surface area contributed by atoms with Crippen molar-refractivity contribution in [1.82, 2.24) is 30.6 Å². The first-order valence-corrected chi connectivity index (χ1v) is 15.4. The Bertz CT molecular complexity index is 1850. The van der Waals surface area contributed by atoms with Gasteiger partial charge in [0.05, 0.1) is 29.7 Å². The van der Waals surface area contributed by atoms with Gasteiger partial charge in [-0.1, -0.05) is 48.5 Å². The highest BCUT2D eigenvalue weighted by Crippen LogP contribution is 2.46. The number of piperidine rings is 2. The molecule has 4 aromatic carbocycles. The molecule has 42 heavy (non-hydrogen) atoms. The molecular weight excluding hydrogens is 516 g/mol. The van der Waals surface area contributed by atoms with Crippen molar-refractivity contribution >= 4 is 21.5 Å². The van der Waals surface area contributed by atoms with Gasteiger partial charge in [0, 0.05) is 29.4 Å². The van der Waals surface area contributed by atoms with Crippen molar-refractivity contribution in [3.8, 4) is 33.6 Å². The number of fused-ring (bicyclic) bond motifs is 4. The number of imidazole rings is 2. The molecule has 2 aromatic heterocycles. The maximum Gasteiger partial charge on any atom is 0.124 e. The Morgan fingerprint density at radius 1 is 0.571 bits per heavy atom. The lowest BCUT2D eigenvalue weighted by atomic mass is 9.97. The number of hydrogen-bond donors (Lipinski definition) is 4. The molecule has 206 valence electrons. The summed E-state index contributed by atoms with van der Waals surface area (Å²) in [6, 6.07) is 29.1. The van der Waals surface area contributed by atoms with Gasteiger partial charge in [0.2, 0.25) is 0 Å². The second-order valence-corrected chi connectivity index (χ2v) is 13.0. The lowest BCUT2D eigenvalue weighted by Crippen LogP contribution is -2.18. The number of hydrogen-bond acceptors (Lipinski definition) is 4. The first-order valence-electron chi connectivity index (χ1n) is 15.4. The number of H-pyrrole nitrogens is 2. The second kappa shape index (κ2) is 8.63. The molecule has 6 aromatic rings. The van der Waals surface area contributed by atoms with Gasteiger partial charge in [-0.15, -0.1) is 0 Å². The van der Waals surface area contributed by atoms with Crippen LogP contribution in [0.2, 0.25) is 0 Å². The average Bonchev–Trinajstić information content (AvgIpc) is 3.57. The molecule has 4 heterocycles. The first-order chi connectivity index (χ1) is 20.7. The van der Waals surface area contributed by atoms with Crippen molar-refractivity contribution in [2.24, 2.45) is 11.8 Å². The van der Waals surface area contributed by atoms with Gasteiger partial charge >= 0.3 is 0 Å². The van der Waals surface area contributed by atoms with E-state index in [2.05, 4.69) is 99.6 Å². The minimum absolute atomic E-state index is 0.377. The summed E-state index contributed by atoms with van der Waals surface area (Å²) in [5, 5.41) is 12.3. The van der Waals surface area contributed by atoms with Crippen molar-refractivity contribution in [2.45, 2.75) is 49.9 Å². The molecular formula is C36H32N6. The van der Waals surface area contributed by atoms with Crippen LogP contribution in [0.15, 0.2) is 85.2 Å². The third-order valence-corrected chi connectivity index (χ3v) is 10.2. The minimum atomic E-state index is 0.377. The number of benzene rings is 4. The van der Waals surface area contributed by atoms with Gasteiger partial charge in [-0.2, -0.15) is 0 Å². The van der Waals surface area contributed by atoms with E-state index in [1.54, 1.807) is 0 Å². The van der Waals surface area contributed by atoms with Gasteiger partial charge in [-0.25, -0.2) is 9.97 Å². The topological polar surface area (TPSA) is 81.4 Å². The van der Waals surface area contributed by atoms with Gasteiger partial charge in [0.15, 0.2) is 0 Å². The van der Waals surface area contributed by atoms with Crippen LogP contribution in [0.4, 0.5) is 0 Å². The van der Waals surface area contributed by atoms with Crippen LogP contribution in [0.25, 0.3) is 55.2 Å². The lowest BCUT2D eigenvalue weighted by molar-refractivity contribution is 0.543. The van der Waals surface area contributed by atoms with Crippen LogP contribution in [0, 0.1) is 11.8 Å². The quantitative estimate of drug-likeness (QED) is 0.182. The van der Waals surface area contributed by atoms with Crippen molar-refractivity contribution in [3.05, 3.63) is 96.8 Å². The standard InChI is InChI=1S/C36H32N6/c1-3-23-11-25(33-17-37-35(41-33)31-15-27-13-29(27)39-31)7-5-21(23)9-19(1)20-2-4-24-12-26(8-6-22(24)10-20)34-18-38-36(42-34)32-16-28-14-30(28)40-32/h1-12,17-18,27-32,39-40H,13-16H2,(H,37,41)(H,38,42)/t27-,28-,29-,30-,31+,32+/m1/s1. The molecule has 0 amide bonds. The van der Waals surface area contributed by atoms with E-state index in [1.165, 1.54) is 63.9 Å². The zero-order valence-electron chi connectivity index (χ0n) is 23.3. The summed E-state index contributed by atoms with van der Waals surface area (Å²) in [5.41, 5.74) is 6.90. The molecule has 4 aliphatic rings. The molecule has 6 atom stereocenters. The van der Waals surface area contributed by atoms with E-state index in [9.17, 15) is 0 Å². The Morgan fingerprint density at radius 2 is 1.12 bits per heavy atom. The van der Waals surface area contributed by atoms with Crippen LogP contribution in [-0.2, 0) is 0 Å². The molecule has 6 heteroatoms. The van der Waals surface area contributed by atoms with Crippen LogP contribution < -0.4 is 10.6 Å². The molecule has 2 aliphatic carbocycles. The Hall–Kier alpha value is -4.26. The summed E-state index contributed by atoms with van der Waals surface area (Å²) in [6.07, 6.45) is 9.12. The van der Waals surface area contributed by atoms with E-state index in [4.69, 9.17) is 9.97 Å². The average molecular weight is 549 g/mol. The summed E-state index contributed by atoms with van der Waals surface area (Å²) in [7, 11) is 0. The van der Waals surface area contributed by atoms with E-state index in [1.807, 2.05) is 6.20 Å². The predicted octanol–water partition coefficient (Wildman–Crippen LogP) is 7.29. The summed E-state index contributed by atoms with van der Waals surface area (Å²) < 4.78 is 0. The molecule has 4 N–H and O–H groups in total. The first kappa shape index (κ1) is 23.3. The summed E-state index contributed by atoms with van der Waals surface area (Å²) in [4.78, 5) is 16.7. The molecule has 0 unspecified atom stereocenters. The maximum absolute atomic E-state index is 4.94. The number of aromatic amines is 2. The lowest BCUT2D eigenvalue weighted by Gasteiger charge is -2.10. The Morgan fingerprint density at radius 3 is 1.74 bits per heavy atom. The van der Waals surface area contributed by atoms with Gasteiger partial charge < -0.3 is 20.6 Å². The van der Waals surface area contributed by atoms with Crippen molar-refractivity contribution in [2.75, 3.05) is 0 Å². The number of nitrogens with one attached hydrogen (secondary N) is 4. The summed E-state index contributed by atoms with van der Waals surface area (Å²) in [5.74, 6) is 3.86. The van der Waals surface area contributed by atoms with Crippen molar-refractivity contribution in [3.63, 3.8) is 0 Å². The fourth-order valence-electron chi connectivity index (χ4n) is 7.56. The second-order valence-electron chi connectivity index (χ2n) is 13.0. The van der Waals surface area contributed by atoms with Gasteiger partial charge in [-0.05, 0) is 94.5 Å². The smallest absolute Gasteiger partial charge is 0.124 e. The summed E-state index contributed by atoms with van der Waals surface area (Å²) >= 11 is 0. The molecule has 0 radical (unpaired) electrons. The van der Waals surface area contributed by atoms with Gasteiger partial charge in [0.1, 0.15) is 11.6 Å². The Balaban J connectivity index is 0.900. The zero-order valence-corrected chi connectivity index (χ0v) is 23.3. The van der Waals surface area contributed by atoms with Gasteiger partial charge in [0.25, 0.3) is 0 Å². The zero-order chi connectivity index (χ0) is 27.4. The third kappa shape index (κ3) is 3.86. The van der Waals surface area contributed by atoms with Crippen LogP contribution in [0.5, 0.6) is 0 Å². The maximum atomic E-state index is 4.94. The molecule has 10 rings (SSSR count). The fraction of sp³-hybridized carbons (Fsp3) is 0.278. The third-order valence-electron chi connectivity index (χ3n) is 10.2. The van der Waals surface area contributed by atoms with Crippen LogP contribution >= 0.6 is 0 Å². The Kier molecular flexibility index (Phi) is 4.79. The number of nitrogens with zero attached hydrogens (tertiary/aromatic N) is 2. The highest BCUT2D eigenvalue weighted by molar-refractivity contribution is 5.94. The highest BCUT2D eigenvalue weighted by atomic mass is 15.1. The molecule has 2 saturated carbocycles. The highest BCUT2D eigenvalue weighted by Gasteiger charge is 2.47. The molecule has 6 nitrogen and oxygen atoms in total. The molecule has 0 spiro atoms. The van der Waals surface area contributed by atoms with Gasteiger partial charge in [-0.3, -0.25) is 0 Å². The van der Waals surface area contributed by atoms with E-state index < -0.39 is 0 Å². The van der Waals surface area contributed by atoms with E-state index in [0.717, 1.165) is 52.5 Å². The van der Waals surface area contributed by atoms with Crippen molar-refractivity contribution in [1.29, 1.82) is 0 Å². The number of rotatable bonds is 5. The van der Waals surface area contributed by atoms with E-state index >= 15 is 0 Å². The van der Waals surface area contributed by atoms with Crippen LogP contribution in [0.1, 0.15) is 49.4 Å². The monoisotopic (exact) mass is 548 g/mol. The molecule has 2 saturated heterocycles. The molecule has 2 aliphatic heterocycles. The van der Waals surface area contributed by atoms with Crippen LogP contribution in [0.3, 0.4) is 0 Å². The summed E-state index contributed by atoms with van der Waals surface area (Å²) in [6.45, 7) is 0. The van der Waals surface area contributed by atoms with E-state index in [-0.39, 0.29) is 0 Å². The van der Waals surface area contributed by atoms with Crippen molar-refractivity contribution < 1.29 is 0 Å². The van der Waals surface area contributed by atoms with Crippen LogP contribution in [-0.4, -0.2) is 32.0 Å². The van der Waals surface area contributed by atoms with E-state index in [0.29, 0.717) is 12.1 Å². The Labute approximate surface area is 244 Å². The SMILES string of the molecule is c1cc2cc(-c3c[nH]c([C@@H]4C[C@H]5C[C@H]5N4)n3)ccc2cc1-c1ccc2cc(-c3cnc([C@@H]4C[C@H]5C[C@H]5N4)[nH]3)ccc2c1. The molecule has 4 fully saturated rings. The normalized spacial score (nSPS) is 27.4.